The predicted molar refractivity (Wildman–Crippen MR) is 63.6 cm³/mol. The molecule has 1 aromatic heterocycles. The first-order valence-corrected chi connectivity index (χ1v) is 6.16. The van der Waals surface area contributed by atoms with E-state index in [9.17, 15) is 0 Å². The first kappa shape index (κ1) is 11.8. The van der Waals surface area contributed by atoms with Crippen molar-refractivity contribution in [3.63, 3.8) is 0 Å². The zero-order chi connectivity index (χ0) is 12.1. The van der Waals surface area contributed by atoms with Crippen LogP contribution in [-0.4, -0.2) is 16.6 Å². The molecule has 1 fully saturated rings. The van der Waals surface area contributed by atoms with Crippen LogP contribution >= 0.6 is 0 Å². The minimum atomic E-state index is 0.340. The Morgan fingerprint density at radius 1 is 1.35 bits per heavy atom. The predicted octanol–water partition coefficient (Wildman–Crippen LogP) is 2.62. The second-order valence-corrected chi connectivity index (χ2v) is 4.60. The molecule has 1 aliphatic carbocycles. The fourth-order valence-corrected chi connectivity index (χ4v) is 2.21. The molecule has 0 aromatic carbocycles. The second-order valence-electron chi connectivity index (χ2n) is 4.60. The van der Waals surface area contributed by atoms with Gasteiger partial charge in [0.2, 0.25) is 0 Å². The molecule has 0 unspecified atom stereocenters. The fraction of sp³-hybridized carbons (Fsp3) is 0.615. The van der Waals surface area contributed by atoms with E-state index in [-0.39, 0.29) is 0 Å². The quantitative estimate of drug-likeness (QED) is 0.802. The summed E-state index contributed by atoms with van der Waals surface area (Å²) < 4.78 is 5.60. The van der Waals surface area contributed by atoms with Crippen molar-refractivity contribution in [2.75, 3.05) is 6.61 Å². The van der Waals surface area contributed by atoms with Gasteiger partial charge in [0, 0.05) is 5.69 Å². The summed E-state index contributed by atoms with van der Waals surface area (Å²) in [5.74, 6) is 0.624. The van der Waals surface area contributed by atoms with Crippen LogP contribution in [0.5, 0.6) is 6.01 Å². The van der Waals surface area contributed by atoms with Gasteiger partial charge in [0.15, 0.2) is 0 Å². The van der Waals surface area contributed by atoms with Gasteiger partial charge in [-0.3, -0.25) is 0 Å². The molecule has 1 aliphatic rings. The van der Waals surface area contributed by atoms with Crippen LogP contribution in [0.25, 0.3) is 0 Å². The van der Waals surface area contributed by atoms with E-state index in [1.165, 1.54) is 32.1 Å². The van der Waals surface area contributed by atoms with Gasteiger partial charge in [-0.05, 0) is 31.7 Å². The zero-order valence-electron chi connectivity index (χ0n) is 10.1. The van der Waals surface area contributed by atoms with Gasteiger partial charge in [-0.15, -0.1) is 0 Å². The fourth-order valence-electron chi connectivity index (χ4n) is 2.21. The van der Waals surface area contributed by atoms with Crippen LogP contribution in [0.2, 0.25) is 0 Å². The van der Waals surface area contributed by atoms with E-state index in [2.05, 4.69) is 9.97 Å². The van der Waals surface area contributed by atoms with Gasteiger partial charge >= 0.3 is 6.01 Å². The highest BCUT2D eigenvalue weighted by atomic mass is 16.5. The highest BCUT2D eigenvalue weighted by Crippen LogP contribution is 2.23. The standard InChI is InChI=1S/C13H17N3O/c1-10-7-12(8-14)16-13(15-10)17-9-11-5-3-2-4-6-11/h7,11H,2-6,9H2,1H3. The van der Waals surface area contributed by atoms with Gasteiger partial charge in [0.05, 0.1) is 6.61 Å². The number of rotatable bonds is 3. The molecule has 1 saturated carbocycles. The maximum atomic E-state index is 8.81. The summed E-state index contributed by atoms with van der Waals surface area (Å²) in [6, 6.07) is 4.02. The van der Waals surface area contributed by atoms with Crippen LogP contribution in [0.1, 0.15) is 43.5 Å². The third-order valence-electron chi connectivity index (χ3n) is 3.12. The smallest absolute Gasteiger partial charge is 0.317 e. The minimum absolute atomic E-state index is 0.340. The molecule has 0 N–H and O–H groups in total. The van der Waals surface area contributed by atoms with Crippen molar-refractivity contribution in [1.82, 2.24) is 9.97 Å². The lowest BCUT2D eigenvalue weighted by Crippen LogP contribution is -2.16. The number of nitrogens with zero attached hydrogens (tertiary/aromatic N) is 3. The molecule has 4 nitrogen and oxygen atoms in total. The van der Waals surface area contributed by atoms with E-state index in [0.29, 0.717) is 24.2 Å². The van der Waals surface area contributed by atoms with E-state index in [1.54, 1.807) is 6.07 Å². The van der Waals surface area contributed by atoms with E-state index >= 15 is 0 Å². The highest BCUT2D eigenvalue weighted by molar-refractivity contribution is 5.23. The summed E-state index contributed by atoms with van der Waals surface area (Å²) in [7, 11) is 0. The number of hydrogen-bond acceptors (Lipinski definition) is 4. The Morgan fingerprint density at radius 2 is 2.12 bits per heavy atom. The van der Waals surface area contributed by atoms with Crippen molar-refractivity contribution in [2.24, 2.45) is 5.92 Å². The van der Waals surface area contributed by atoms with Crippen molar-refractivity contribution in [3.8, 4) is 12.1 Å². The molecular formula is C13H17N3O. The molecule has 17 heavy (non-hydrogen) atoms. The van der Waals surface area contributed by atoms with E-state index < -0.39 is 0 Å². The Hall–Kier alpha value is -1.63. The Kier molecular flexibility index (Phi) is 3.92. The number of nitriles is 1. The van der Waals surface area contributed by atoms with Crippen LogP contribution in [0.4, 0.5) is 0 Å². The second kappa shape index (κ2) is 5.62. The summed E-state index contributed by atoms with van der Waals surface area (Å²) in [6.07, 6.45) is 6.40. The number of ether oxygens (including phenoxy) is 1. The van der Waals surface area contributed by atoms with Crippen LogP contribution in [0.3, 0.4) is 0 Å². The number of aryl methyl sites for hydroxylation is 1. The summed E-state index contributed by atoms with van der Waals surface area (Å²) in [4.78, 5) is 8.22. The van der Waals surface area contributed by atoms with Crippen molar-refractivity contribution >= 4 is 0 Å². The molecule has 1 heterocycles. The zero-order valence-corrected chi connectivity index (χ0v) is 10.1. The largest absolute Gasteiger partial charge is 0.463 e. The molecule has 1 aromatic rings. The first-order chi connectivity index (χ1) is 8.28. The summed E-state index contributed by atoms with van der Waals surface area (Å²) in [6.45, 7) is 2.52. The summed E-state index contributed by atoms with van der Waals surface area (Å²) in [5, 5.41) is 8.81. The highest BCUT2D eigenvalue weighted by Gasteiger charge is 2.14. The lowest BCUT2D eigenvalue weighted by atomic mass is 9.90. The van der Waals surface area contributed by atoms with Gasteiger partial charge in [0.1, 0.15) is 11.8 Å². The van der Waals surface area contributed by atoms with Crippen molar-refractivity contribution in [2.45, 2.75) is 39.0 Å². The van der Waals surface area contributed by atoms with Crippen LogP contribution in [0, 0.1) is 24.2 Å². The number of aromatic nitrogens is 2. The minimum Gasteiger partial charge on any atom is -0.463 e. The normalized spacial score (nSPS) is 16.5. The van der Waals surface area contributed by atoms with Gasteiger partial charge < -0.3 is 4.74 Å². The van der Waals surface area contributed by atoms with Gasteiger partial charge in [-0.1, -0.05) is 19.3 Å². The third-order valence-corrected chi connectivity index (χ3v) is 3.12. The summed E-state index contributed by atoms with van der Waals surface area (Å²) in [5.41, 5.74) is 1.14. The third kappa shape index (κ3) is 3.42. The molecule has 0 aliphatic heterocycles. The average Bonchev–Trinajstić information content (AvgIpc) is 2.37. The monoisotopic (exact) mass is 231 g/mol. The molecule has 0 spiro atoms. The number of hydrogen-bond donors (Lipinski definition) is 0. The van der Waals surface area contributed by atoms with Crippen LogP contribution in [-0.2, 0) is 0 Å². The van der Waals surface area contributed by atoms with E-state index in [1.807, 2.05) is 13.0 Å². The Morgan fingerprint density at radius 3 is 2.82 bits per heavy atom. The molecule has 90 valence electrons. The van der Waals surface area contributed by atoms with E-state index in [4.69, 9.17) is 10.00 Å². The molecular weight excluding hydrogens is 214 g/mol. The van der Waals surface area contributed by atoms with Gasteiger partial charge in [-0.2, -0.15) is 10.2 Å². The van der Waals surface area contributed by atoms with Crippen molar-refractivity contribution in [3.05, 3.63) is 17.5 Å². The van der Waals surface area contributed by atoms with Crippen molar-refractivity contribution in [1.29, 1.82) is 5.26 Å². The maximum Gasteiger partial charge on any atom is 0.317 e. The lowest BCUT2D eigenvalue weighted by molar-refractivity contribution is 0.196. The molecule has 4 heteroatoms. The summed E-state index contributed by atoms with van der Waals surface area (Å²) >= 11 is 0. The van der Waals surface area contributed by atoms with Crippen LogP contribution < -0.4 is 4.74 Å². The molecule has 0 bridgehead atoms. The Bertz CT molecular complexity index is 419. The lowest BCUT2D eigenvalue weighted by Gasteiger charge is -2.20. The Labute approximate surface area is 102 Å². The van der Waals surface area contributed by atoms with E-state index in [0.717, 1.165) is 5.69 Å². The molecule has 0 saturated heterocycles. The van der Waals surface area contributed by atoms with Crippen LogP contribution in [0.15, 0.2) is 6.07 Å². The molecule has 2 rings (SSSR count). The Balaban J connectivity index is 1.94. The van der Waals surface area contributed by atoms with Gasteiger partial charge in [-0.25, -0.2) is 4.98 Å². The van der Waals surface area contributed by atoms with Crippen molar-refractivity contribution < 1.29 is 4.74 Å². The molecule has 0 amide bonds. The SMILES string of the molecule is Cc1cc(C#N)nc(OCC2CCCCC2)n1. The average molecular weight is 231 g/mol. The van der Waals surface area contributed by atoms with Gasteiger partial charge in [0.25, 0.3) is 0 Å². The first-order valence-electron chi connectivity index (χ1n) is 6.16. The topological polar surface area (TPSA) is 58.8 Å². The molecule has 0 radical (unpaired) electrons. The maximum absolute atomic E-state index is 8.81. The molecule has 0 atom stereocenters.